The van der Waals surface area contributed by atoms with Crippen LogP contribution in [-0.2, 0) is 0 Å². The summed E-state index contributed by atoms with van der Waals surface area (Å²) in [6.07, 6.45) is 3.81. The van der Waals surface area contributed by atoms with Crippen LogP contribution in [0.25, 0.3) is 5.65 Å². The van der Waals surface area contributed by atoms with Crippen LogP contribution in [0.3, 0.4) is 0 Å². The summed E-state index contributed by atoms with van der Waals surface area (Å²) in [6.45, 7) is 0. The molecule has 3 nitrogen and oxygen atoms in total. The van der Waals surface area contributed by atoms with Crippen LogP contribution in [0, 0.1) is 0 Å². The predicted molar refractivity (Wildman–Crippen MR) is 49.4 cm³/mol. The van der Waals surface area contributed by atoms with Crippen molar-refractivity contribution in [1.82, 2.24) is 9.38 Å². The van der Waals surface area contributed by atoms with Crippen molar-refractivity contribution in [3.63, 3.8) is 0 Å². The number of hydrogen-bond donors (Lipinski definition) is 0. The van der Waals surface area contributed by atoms with Crippen molar-refractivity contribution < 1.29 is 4.74 Å². The number of rotatable bonds is 1. The summed E-state index contributed by atoms with van der Waals surface area (Å²) < 4.78 is 7.82. The van der Waals surface area contributed by atoms with Crippen molar-refractivity contribution in [3.8, 4) is 5.75 Å². The Morgan fingerprint density at radius 1 is 1.58 bits per heavy atom. The third-order valence-electron chi connectivity index (χ3n) is 1.64. The van der Waals surface area contributed by atoms with Gasteiger partial charge in [0.2, 0.25) is 0 Å². The summed E-state index contributed by atoms with van der Waals surface area (Å²) in [7, 11) is 1.64. The summed E-state index contributed by atoms with van der Waals surface area (Å²) in [5.74, 6) is 0.820. The minimum atomic E-state index is 0.820. The zero-order chi connectivity index (χ0) is 8.55. The number of nitrogens with zero attached hydrogens (tertiary/aromatic N) is 2. The molecule has 2 heterocycles. The van der Waals surface area contributed by atoms with E-state index < -0.39 is 0 Å². The normalized spacial score (nSPS) is 10.5. The fraction of sp³-hybridized carbons (Fsp3) is 0.125. The smallest absolute Gasteiger partial charge is 0.141 e. The van der Waals surface area contributed by atoms with Crippen LogP contribution >= 0.6 is 15.9 Å². The Kier molecular flexibility index (Phi) is 1.77. The lowest BCUT2D eigenvalue weighted by molar-refractivity contribution is 0.414. The van der Waals surface area contributed by atoms with Gasteiger partial charge in [-0.2, -0.15) is 0 Å². The van der Waals surface area contributed by atoms with Gasteiger partial charge in [0.1, 0.15) is 16.0 Å². The SMILES string of the molecule is COc1ccn2cc(Br)nc2c1. The van der Waals surface area contributed by atoms with E-state index in [1.54, 1.807) is 7.11 Å². The first-order valence-corrected chi connectivity index (χ1v) is 4.27. The molecule has 0 fully saturated rings. The molecule has 0 aliphatic heterocycles. The molecule has 0 amide bonds. The van der Waals surface area contributed by atoms with Gasteiger partial charge in [0.15, 0.2) is 0 Å². The Labute approximate surface area is 78.1 Å². The number of imidazole rings is 1. The van der Waals surface area contributed by atoms with Crippen molar-refractivity contribution in [1.29, 1.82) is 0 Å². The molecule has 0 aliphatic rings. The van der Waals surface area contributed by atoms with Crippen LogP contribution in [0.4, 0.5) is 0 Å². The lowest BCUT2D eigenvalue weighted by atomic mass is 10.4. The van der Waals surface area contributed by atoms with Crippen molar-refractivity contribution in [3.05, 3.63) is 29.1 Å². The molecule has 0 spiro atoms. The van der Waals surface area contributed by atoms with E-state index in [1.807, 2.05) is 28.9 Å². The lowest BCUT2D eigenvalue weighted by Gasteiger charge is -1.98. The van der Waals surface area contributed by atoms with Gasteiger partial charge in [-0.05, 0) is 22.0 Å². The fourth-order valence-corrected chi connectivity index (χ4v) is 1.46. The third-order valence-corrected chi connectivity index (χ3v) is 2.02. The molecular formula is C8H7BrN2O. The molecule has 2 aromatic rings. The first-order chi connectivity index (χ1) is 5.79. The van der Waals surface area contributed by atoms with Gasteiger partial charge in [-0.15, -0.1) is 0 Å². The standard InChI is InChI=1S/C8H7BrN2O/c1-12-6-2-3-11-5-7(9)10-8(11)4-6/h2-5H,1H3. The minimum absolute atomic E-state index is 0.820. The molecule has 0 radical (unpaired) electrons. The van der Waals surface area contributed by atoms with Crippen LogP contribution < -0.4 is 4.74 Å². The van der Waals surface area contributed by atoms with E-state index in [2.05, 4.69) is 20.9 Å². The van der Waals surface area contributed by atoms with E-state index in [-0.39, 0.29) is 0 Å². The number of fused-ring (bicyclic) bond motifs is 1. The van der Waals surface area contributed by atoms with Gasteiger partial charge in [-0.1, -0.05) is 0 Å². The average molecular weight is 227 g/mol. The van der Waals surface area contributed by atoms with Crippen LogP contribution in [0.5, 0.6) is 5.75 Å². The summed E-state index contributed by atoms with van der Waals surface area (Å²) in [5, 5.41) is 0. The molecule has 0 aromatic carbocycles. The molecule has 0 atom stereocenters. The number of aromatic nitrogens is 2. The molecule has 2 aromatic heterocycles. The summed E-state index contributed by atoms with van der Waals surface area (Å²) in [5.41, 5.74) is 0.876. The van der Waals surface area contributed by atoms with E-state index in [9.17, 15) is 0 Å². The summed E-state index contributed by atoms with van der Waals surface area (Å²) in [4.78, 5) is 4.22. The van der Waals surface area contributed by atoms with E-state index in [4.69, 9.17) is 4.74 Å². The van der Waals surface area contributed by atoms with E-state index in [1.165, 1.54) is 0 Å². The second-order valence-corrected chi connectivity index (χ2v) is 3.21. The molecule has 0 aliphatic carbocycles. The molecule has 4 heteroatoms. The highest BCUT2D eigenvalue weighted by Crippen LogP contribution is 2.16. The summed E-state index contributed by atoms with van der Waals surface area (Å²) >= 11 is 3.30. The largest absolute Gasteiger partial charge is 0.497 e. The predicted octanol–water partition coefficient (Wildman–Crippen LogP) is 2.11. The van der Waals surface area contributed by atoms with Crippen LogP contribution in [-0.4, -0.2) is 16.5 Å². The highest BCUT2D eigenvalue weighted by molar-refractivity contribution is 9.10. The zero-order valence-corrected chi connectivity index (χ0v) is 8.08. The van der Waals surface area contributed by atoms with Crippen molar-refractivity contribution in [2.75, 3.05) is 7.11 Å². The number of ether oxygens (including phenoxy) is 1. The van der Waals surface area contributed by atoms with Crippen LogP contribution in [0.15, 0.2) is 29.1 Å². The Hall–Kier alpha value is -1.03. The first kappa shape index (κ1) is 7.61. The number of pyridine rings is 1. The molecule has 0 N–H and O–H groups in total. The molecular weight excluding hydrogens is 220 g/mol. The molecule has 2 rings (SSSR count). The maximum Gasteiger partial charge on any atom is 0.141 e. The zero-order valence-electron chi connectivity index (χ0n) is 6.49. The van der Waals surface area contributed by atoms with Crippen molar-refractivity contribution in [2.24, 2.45) is 0 Å². The number of hydrogen-bond acceptors (Lipinski definition) is 2. The van der Waals surface area contributed by atoms with Gasteiger partial charge in [0.25, 0.3) is 0 Å². The van der Waals surface area contributed by atoms with Crippen molar-refractivity contribution in [2.45, 2.75) is 0 Å². The quantitative estimate of drug-likeness (QED) is 0.745. The highest BCUT2D eigenvalue weighted by Gasteiger charge is 1.98. The Morgan fingerprint density at radius 3 is 3.17 bits per heavy atom. The Balaban J connectivity index is 2.66. The van der Waals surface area contributed by atoms with Gasteiger partial charge in [0, 0.05) is 18.5 Å². The maximum atomic E-state index is 5.06. The second-order valence-electron chi connectivity index (χ2n) is 2.40. The van der Waals surface area contributed by atoms with Gasteiger partial charge < -0.3 is 9.14 Å². The molecule has 0 saturated heterocycles. The second kappa shape index (κ2) is 2.79. The molecule has 62 valence electrons. The Morgan fingerprint density at radius 2 is 2.42 bits per heavy atom. The molecule has 12 heavy (non-hydrogen) atoms. The third kappa shape index (κ3) is 1.18. The summed E-state index contributed by atoms with van der Waals surface area (Å²) in [6, 6.07) is 3.77. The minimum Gasteiger partial charge on any atom is -0.497 e. The lowest BCUT2D eigenvalue weighted by Crippen LogP contribution is -1.85. The highest BCUT2D eigenvalue weighted by atomic mass is 79.9. The first-order valence-electron chi connectivity index (χ1n) is 3.48. The number of methoxy groups -OCH3 is 1. The number of halogens is 1. The molecule has 0 saturated carbocycles. The fourth-order valence-electron chi connectivity index (χ4n) is 1.06. The monoisotopic (exact) mass is 226 g/mol. The van der Waals surface area contributed by atoms with Gasteiger partial charge in [-0.3, -0.25) is 0 Å². The van der Waals surface area contributed by atoms with Gasteiger partial charge in [0.05, 0.1) is 7.11 Å². The Bertz CT molecular complexity index is 410. The van der Waals surface area contributed by atoms with Crippen LogP contribution in [0.1, 0.15) is 0 Å². The van der Waals surface area contributed by atoms with E-state index in [0.717, 1.165) is 16.0 Å². The van der Waals surface area contributed by atoms with Crippen LogP contribution in [0.2, 0.25) is 0 Å². The maximum absolute atomic E-state index is 5.06. The van der Waals surface area contributed by atoms with Crippen molar-refractivity contribution >= 4 is 21.6 Å². The van der Waals surface area contributed by atoms with Gasteiger partial charge in [-0.25, -0.2) is 4.98 Å². The van der Waals surface area contributed by atoms with E-state index >= 15 is 0 Å². The average Bonchev–Trinajstić information content (AvgIpc) is 2.43. The topological polar surface area (TPSA) is 26.5 Å². The van der Waals surface area contributed by atoms with Gasteiger partial charge >= 0.3 is 0 Å². The molecule has 0 unspecified atom stereocenters. The molecule has 0 bridgehead atoms. The van der Waals surface area contributed by atoms with E-state index in [0.29, 0.717) is 0 Å².